The lowest BCUT2D eigenvalue weighted by Gasteiger charge is -2.10. The normalized spacial score (nSPS) is 10.9. The van der Waals surface area contributed by atoms with Crippen LogP contribution < -0.4 is 16.4 Å². The number of rotatable bonds is 7. The average Bonchev–Trinajstić information content (AvgIpc) is 2.23. The zero-order chi connectivity index (χ0) is 11.7. The van der Waals surface area contributed by atoms with Crippen LogP contribution in [0.2, 0.25) is 0 Å². The van der Waals surface area contributed by atoms with Gasteiger partial charge in [0, 0.05) is 6.54 Å². The van der Waals surface area contributed by atoms with Crippen LogP contribution in [0.4, 0.5) is 0 Å². The predicted octanol–water partition coefficient (Wildman–Crippen LogP) is -0.0460. The molecule has 2 amide bonds. The number of halogens is 1. The van der Waals surface area contributed by atoms with Gasteiger partial charge in [0.2, 0.25) is 11.8 Å². The fourth-order valence-electron chi connectivity index (χ4n) is 0.989. The molecule has 0 aromatic carbocycles. The zero-order valence-corrected chi connectivity index (χ0v) is 10.3. The molecule has 0 saturated heterocycles. The Hall–Kier alpha value is -1.07. The quantitative estimate of drug-likeness (QED) is 0.554. The van der Waals surface area contributed by atoms with E-state index in [0.717, 1.165) is 6.42 Å². The number of hydrogen-bond donors (Lipinski definition) is 3. The lowest BCUT2D eigenvalue weighted by molar-refractivity contribution is -0.126. The molecule has 0 aliphatic rings. The third-order valence-electron chi connectivity index (χ3n) is 1.80. The number of carbonyl (C=O) groups excluding carboxylic acids is 2. The first-order valence-corrected chi connectivity index (χ1v) is 5.02. The summed E-state index contributed by atoms with van der Waals surface area (Å²) in [5.74, 6) is -0.530. The maximum Gasteiger partial charge on any atom is 0.239 e. The van der Waals surface area contributed by atoms with Crippen LogP contribution in [0.5, 0.6) is 0 Å². The molecule has 1 unspecified atom stereocenters. The Morgan fingerprint density at radius 3 is 2.56 bits per heavy atom. The molecule has 0 heterocycles. The van der Waals surface area contributed by atoms with Crippen molar-refractivity contribution < 1.29 is 9.59 Å². The second-order valence-electron chi connectivity index (χ2n) is 3.21. The van der Waals surface area contributed by atoms with Gasteiger partial charge in [-0.1, -0.05) is 19.4 Å². The van der Waals surface area contributed by atoms with Crippen LogP contribution in [0.1, 0.15) is 19.8 Å². The molecule has 0 aliphatic carbocycles. The van der Waals surface area contributed by atoms with Crippen molar-refractivity contribution in [1.29, 1.82) is 0 Å². The molecule has 0 saturated carbocycles. The summed E-state index contributed by atoms with van der Waals surface area (Å²) in [5, 5.41) is 5.01. The summed E-state index contributed by atoms with van der Waals surface area (Å²) in [6.45, 7) is 5.77. The highest BCUT2D eigenvalue weighted by Gasteiger charge is 2.12. The summed E-state index contributed by atoms with van der Waals surface area (Å²) in [5.41, 5.74) is 5.55. The summed E-state index contributed by atoms with van der Waals surface area (Å²) in [7, 11) is 0. The Kier molecular flexibility index (Phi) is 11.3. The molecule has 0 fully saturated rings. The van der Waals surface area contributed by atoms with Gasteiger partial charge >= 0.3 is 0 Å². The molecule has 0 aromatic rings. The zero-order valence-electron chi connectivity index (χ0n) is 9.49. The number of hydrogen-bond acceptors (Lipinski definition) is 3. The second-order valence-corrected chi connectivity index (χ2v) is 3.21. The fraction of sp³-hybridized carbons (Fsp3) is 0.600. The standard InChI is InChI=1S/C10H19N3O2.ClH/c1-3-5-8(11)10(15)13-7-9(14)12-6-4-2;/h4,8H,2-3,5-7,11H2,1H3,(H,12,14)(H,13,15);1H. The van der Waals surface area contributed by atoms with Crippen molar-refractivity contribution in [3.63, 3.8) is 0 Å². The molecule has 94 valence electrons. The van der Waals surface area contributed by atoms with E-state index in [4.69, 9.17) is 5.73 Å². The van der Waals surface area contributed by atoms with Crippen LogP contribution in [0.3, 0.4) is 0 Å². The van der Waals surface area contributed by atoms with Crippen molar-refractivity contribution in [3.05, 3.63) is 12.7 Å². The molecule has 0 rings (SSSR count). The third kappa shape index (κ3) is 8.26. The number of nitrogens with two attached hydrogens (primary N) is 1. The van der Waals surface area contributed by atoms with Crippen molar-refractivity contribution in [3.8, 4) is 0 Å². The Morgan fingerprint density at radius 1 is 1.44 bits per heavy atom. The van der Waals surface area contributed by atoms with Gasteiger partial charge in [0.15, 0.2) is 0 Å². The monoisotopic (exact) mass is 249 g/mol. The molecule has 0 aliphatic heterocycles. The van der Waals surface area contributed by atoms with Crippen LogP contribution >= 0.6 is 12.4 Å². The van der Waals surface area contributed by atoms with Crippen molar-refractivity contribution in [1.82, 2.24) is 10.6 Å². The van der Waals surface area contributed by atoms with Crippen LogP contribution in [0.25, 0.3) is 0 Å². The van der Waals surface area contributed by atoms with Gasteiger partial charge in [-0.05, 0) is 6.42 Å². The lowest BCUT2D eigenvalue weighted by Crippen LogP contribution is -2.44. The van der Waals surface area contributed by atoms with Gasteiger partial charge in [0.25, 0.3) is 0 Å². The molecule has 5 nitrogen and oxygen atoms in total. The Labute approximate surface area is 102 Å². The minimum atomic E-state index is -0.526. The van der Waals surface area contributed by atoms with Crippen molar-refractivity contribution in [2.45, 2.75) is 25.8 Å². The van der Waals surface area contributed by atoms with Crippen LogP contribution in [0, 0.1) is 0 Å². The highest BCUT2D eigenvalue weighted by Crippen LogP contribution is 1.92. The second kappa shape index (κ2) is 10.4. The molecule has 16 heavy (non-hydrogen) atoms. The van der Waals surface area contributed by atoms with E-state index in [1.54, 1.807) is 6.08 Å². The molecule has 1 atom stereocenters. The van der Waals surface area contributed by atoms with E-state index in [0.29, 0.717) is 13.0 Å². The van der Waals surface area contributed by atoms with E-state index in [2.05, 4.69) is 17.2 Å². The Bertz CT molecular complexity index is 234. The van der Waals surface area contributed by atoms with Gasteiger partial charge in [0.05, 0.1) is 12.6 Å². The highest BCUT2D eigenvalue weighted by atomic mass is 35.5. The smallest absolute Gasteiger partial charge is 0.239 e. The van der Waals surface area contributed by atoms with Gasteiger partial charge in [-0.2, -0.15) is 0 Å². The van der Waals surface area contributed by atoms with Crippen LogP contribution in [-0.2, 0) is 9.59 Å². The molecule has 6 heteroatoms. The largest absolute Gasteiger partial charge is 0.351 e. The lowest BCUT2D eigenvalue weighted by atomic mass is 10.2. The van der Waals surface area contributed by atoms with Gasteiger partial charge in [-0.3, -0.25) is 9.59 Å². The first kappa shape index (κ1) is 17.3. The van der Waals surface area contributed by atoms with Crippen LogP contribution in [-0.4, -0.2) is 30.9 Å². The van der Waals surface area contributed by atoms with Gasteiger partial charge in [-0.25, -0.2) is 0 Å². The van der Waals surface area contributed by atoms with Crippen LogP contribution in [0.15, 0.2) is 12.7 Å². The topological polar surface area (TPSA) is 84.2 Å². The fourth-order valence-corrected chi connectivity index (χ4v) is 0.989. The number of carbonyl (C=O) groups is 2. The first-order valence-electron chi connectivity index (χ1n) is 5.02. The van der Waals surface area contributed by atoms with Gasteiger partial charge in [-0.15, -0.1) is 19.0 Å². The van der Waals surface area contributed by atoms with E-state index >= 15 is 0 Å². The number of nitrogens with one attached hydrogen (secondary N) is 2. The molecule has 0 bridgehead atoms. The summed E-state index contributed by atoms with van der Waals surface area (Å²) in [6.07, 6.45) is 3.04. The Balaban J connectivity index is 0. The van der Waals surface area contributed by atoms with Crippen molar-refractivity contribution in [2.75, 3.05) is 13.1 Å². The molecular weight excluding hydrogens is 230 g/mol. The predicted molar refractivity (Wildman–Crippen MR) is 66.3 cm³/mol. The van der Waals surface area contributed by atoms with E-state index in [-0.39, 0.29) is 30.8 Å². The molecular formula is C10H20ClN3O2. The minimum absolute atomic E-state index is 0. The summed E-state index contributed by atoms with van der Waals surface area (Å²) in [4.78, 5) is 22.3. The molecule has 0 spiro atoms. The van der Waals surface area contributed by atoms with E-state index < -0.39 is 6.04 Å². The average molecular weight is 250 g/mol. The van der Waals surface area contributed by atoms with Crippen molar-refractivity contribution >= 4 is 24.2 Å². The molecule has 0 radical (unpaired) electrons. The minimum Gasteiger partial charge on any atom is -0.351 e. The summed E-state index contributed by atoms with van der Waals surface area (Å²) in [6, 6.07) is -0.526. The number of amides is 2. The molecule has 4 N–H and O–H groups in total. The molecule has 0 aromatic heterocycles. The van der Waals surface area contributed by atoms with Gasteiger partial charge in [0.1, 0.15) is 0 Å². The SMILES string of the molecule is C=CCNC(=O)CNC(=O)C(N)CCC.Cl. The highest BCUT2D eigenvalue weighted by molar-refractivity contribution is 5.87. The van der Waals surface area contributed by atoms with E-state index in [1.807, 2.05) is 6.92 Å². The summed E-state index contributed by atoms with van der Waals surface area (Å²) < 4.78 is 0. The van der Waals surface area contributed by atoms with Gasteiger partial charge < -0.3 is 16.4 Å². The maximum atomic E-state index is 11.3. The van der Waals surface area contributed by atoms with E-state index in [9.17, 15) is 9.59 Å². The Morgan fingerprint density at radius 2 is 2.06 bits per heavy atom. The summed E-state index contributed by atoms with van der Waals surface area (Å²) >= 11 is 0. The maximum absolute atomic E-state index is 11.3. The third-order valence-corrected chi connectivity index (χ3v) is 1.80. The first-order chi connectivity index (χ1) is 7.11. The van der Waals surface area contributed by atoms with E-state index in [1.165, 1.54) is 0 Å². The van der Waals surface area contributed by atoms with Crippen molar-refractivity contribution in [2.24, 2.45) is 5.73 Å².